The van der Waals surface area contributed by atoms with E-state index in [1.807, 2.05) is 31.2 Å². The molecular formula is C25H36ClNO3. The first-order chi connectivity index (χ1) is 13.6. The van der Waals surface area contributed by atoms with Crippen LogP contribution in [-0.4, -0.2) is 30.9 Å². The van der Waals surface area contributed by atoms with Gasteiger partial charge in [-0.3, -0.25) is 0 Å². The number of rotatable bonds is 9. The number of hydrogen-bond donors (Lipinski definition) is 0. The van der Waals surface area contributed by atoms with Gasteiger partial charge in [-0.15, -0.1) is 4.65 Å². The lowest BCUT2D eigenvalue weighted by Gasteiger charge is -2.28. The standard InChI is InChI=1S/C25H36NO3.ClH/c1-18(2)15-21-13-14-24(23(17-21)16-19(3)4)28-20(5)29-26(6,7)25(27)22-11-9-8-10-12-22;/h8-14,17-20H,15-16H2,1-7H3;1H/q+1;/p-1. The largest absolute Gasteiger partial charge is 1.00 e. The van der Waals surface area contributed by atoms with E-state index < -0.39 is 6.29 Å². The molecule has 2 rings (SSSR count). The average Bonchev–Trinajstić information content (AvgIpc) is 2.62. The Morgan fingerprint density at radius 3 is 2.07 bits per heavy atom. The lowest BCUT2D eigenvalue weighted by molar-refractivity contribution is -1.02. The number of carbonyl (C=O) groups is 1. The van der Waals surface area contributed by atoms with Crippen molar-refractivity contribution in [3.8, 4) is 5.75 Å². The summed E-state index contributed by atoms with van der Waals surface area (Å²) in [5.41, 5.74) is 3.13. The molecule has 0 heterocycles. The molecule has 0 bridgehead atoms. The third-order valence-corrected chi connectivity index (χ3v) is 4.61. The monoisotopic (exact) mass is 433 g/mol. The summed E-state index contributed by atoms with van der Waals surface area (Å²) in [6.07, 6.45) is 1.42. The van der Waals surface area contributed by atoms with Gasteiger partial charge in [-0.25, -0.2) is 4.79 Å². The van der Waals surface area contributed by atoms with E-state index in [-0.39, 0.29) is 23.0 Å². The zero-order valence-electron chi connectivity index (χ0n) is 19.3. The molecule has 1 amide bonds. The molecule has 0 aliphatic carbocycles. The highest BCUT2D eigenvalue weighted by Gasteiger charge is 2.33. The van der Waals surface area contributed by atoms with E-state index >= 15 is 0 Å². The average molecular weight is 434 g/mol. The molecule has 4 nitrogen and oxygen atoms in total. The quantitative estimate of drug-likeness (QED) is 0.346. The third-order valence-electron chi connectivity index (χ3n) is 4.61. The Morgan fingerprint density at radius 2 is 1.50 bits per heavy atom. The number of amides is 1. The molecular weight excluding hydrogens is 398 g/mol. The normalized spacial score (nSPS) is 12.6. The van der Waals surface area contributed by atoms with Crippen LogP contribution in [0.25, 0.3) is 0 Å². The van der Waals surface area contributed by atoms with Crippen LogP contribution in [0.3, 0.4) is 0 Å². The lowest BCUT2D eigenvalue weighted by Crippen LogP contribution is -3.00. The molecule has 0 aromatic heterocycles. The summed E-state index contributed by atoms with van der Waals surface area (Å²) >= 11 is 0. The summed E-state index contributed by atoms with van der Waals surface area (Å²) in [5, 5.41) is 0. The molecule has 0 N–H and O–H groups in total. The minimum absolute atomic E-state index is 0. The highest BCUT2D eigenvalue weighted by molar-refractivity contribution is 5.88. The van der Waals surface area contributed by atoms with Crippen molar-refractivity contribution >= 4 is 5.91 Å². The Labute approximate surface area is 188 Å². The van der Waals surface area contributed by atoms with Crippen molar-refractivity contribution in [1.29, 1.82) is 0 Å². The number of benzene rings is 2. The van der Waals surface area contributed by atoms with E-state index in [9.17, 15) is 4.79 Å². The van der Waals surface area contributed by atoms with Crippen molar-refractivity contribution in [3.05, 3.63) is 65.2 Å². The first-order valence-corrected chi connectivity index (χ1v) is 10.5. The zero-order chi connectivity index (χ0) is 21.6. The summed E-state index contributed by atoms with van der Waals surface area (Å²) < 4.78 is 5.90. The van der Waals surface area contributed by atoms with Crippen molar-refractivity contribution < 1.29 is 31.4 Å². The molecule has 0 spiro atoms. The topological polar surface area (TPSA) is 35.5 Å². The summed E-state index contributed by atoms with van der Waals surface area (Å²) in [5.74, 6) is 1.84. The first-order valence-electron chi connectivity index (χ1n) is 10.5. The number of ether oxygens (including phenoxy) is 1. The summed E-state index contributed by atoms with van der Waals surface area (Å²) in [7, 11) is 3.46. The predicted octanol–water partition coefficient (Wildman–Crippen LogP) is 2.66. The van der Waals surface area contributed by atoms with Crippen LogP contribution >= 0.6 is 0 Å². The van der Waals surface area contributed by atoms with Crippen LogP contribution in [0.15, 0.2) is 48.5 Å². The summed E-state index contributed by atoms with van der Waals surface area (Å²) in [6.45, 7) is 10.7. The van der Waals surface area contributed by atoms with Crippen molar-refractivity contribution in [3.63, 3.8) is 0 Å². The molecule has 166 valence electrons. The Kier molecular flexibility index (Phi) is 10.0. The molecule has 0 radical (unpaired) electrons. The van der Waals surface area contributed by atoms with Crippen LogP contribution in [0, 0.1) is 11.8 Å². The number of quaternary nitrogens is 1. The van der Waals surface area contributed by atoms with Gasteiger partial charge in [0.15, 0.2) is 0 Å². The van der Waals surface area contributed by atoms with E-state index in [0.29, 0.717) is 17.4 Å². The van der Waals surface area contributed by atoms with Gasteiger partial charge in [0, 0.05) is 6.92 Å². The van der Waals surface area contributed by atoms with Crippen LogP contribution in [0.1, 0.15) is 56.1 Å². The predicted molar refractivity (Wildman–Crippen MR) is 118 cm³/mol. The molecule has 0 saturated heterocycles. The molecule has 0 saturated carbocycles. The Bertz CT molecular complexity index is 803. The number of hydroxylamine groups is 3. The van der Waals surface area contributed by atoms with Gasteiger partial charge in [0.05, 0.1) is 5.56 Å². The van der Waals surface area contributed by atoms with E-state index in [4.69, 9.17) is 9.57 Å². The van der Waals surface area contributed by atoms with Gasteiger partial charge in [-0.1, -0.05) is 58.0 Å². The molecule has 2 aromatic carbocycles. The van der Waals surface area contributed by atoms with E-state index in [0.717, 1.165) is 18.6 Å². The van der Waals surface area contributed by atoms with Crippen LogP contribution in [0.5, 0.6) is 5.75 Å². The minimum Gasteiger partial charge on any atom is -1.00 e. The zero-order valence-corrected chi connectivity index (χ0v) is 20.1. The number of halogens is 1. The first kappa shape index (κ1) is 26.2. The second-order valence-electron chi connectivity index (χ2n) is 8.95. The third kappa shape index (κ3) is 7.75. The molecule has 30 heavy (non-hydrogen) atoms. The van der Waals surface area contributed by atoms with Crippen LogP contribution in [0.2, 0.25) is 0 Å². The number of hydrogen-bond acceptors (Lipinski definition) is 3. The van der Waals surface area contributed by atoms with Gasteiger partial charge >= 0.3 is 5.91 Å². The summed E-state index contributed by atoms with van der Waals surface area (Å²) in [4.78, 5) is 18.8. The van der Waals surface area contributed by atoms with Crippen LogP contribution < -0.4 is 17.1 Å². The van der Waals surface area contributed by atoms with Gasteiger partial charge in [0.1, 0.15) is 19.8 Å². The second kappa shape index (κ2) is 11.5. The summed E-state index contributed by atoms with van der Waals surface area (Å²) in [6, 6.07) is 15.6. The van der Waals surface area contributed by atoms with Gasteiger partial charge in [0.25, 0.3) is 6.29 Å². The molecule has 0 fully saturated rings. The van der Waals surface area contributed by atoms with Gasteiger partial charge < -0.3 is 17.1 Å². The molecule has 0 aliphatic heterocycles. The Morgan fingerprint density at radius 1 is 0.900 bits per heavy atom. The van der Waals surface area contributed by atoms with Gasteiger partial charge in [0.2, 0.25) is 0 Å². The lowest BCUT2D eigenvalue weighted by atomic mass is 9.96. The SMILES string of the molecule is CC(C)Cc1ccc(OC(C)O[N+](C)(C)C(=O)c2ccccc2)c(CC(C)C)c1.[Cl-]. The van der Waals surface area contributed by atoms with E-state index in [2.05, 4.69) is 39.8 Å². The van der Waals surface area contributed by atoms with Crippen LogP contribution in [-0.2, 0) is 17.7 Å². The Balaban J connectivity index is 0.00000450. The van der Waals surface area contributed by atoms with Crippen molar-refractivity contribution in [2.75, 3.05) is 14.1 Å². The minimum atomic E-state index is -0.570. The molecule has 1 unspecified atom stereocenters. The highest BCUT2D eigenvalue weighted by Crippen LogP contribution is 2.26. The fourth-order valence-electron chi connectivity index (χ4n) is 3.46. The molecule has 2 aromatic rings. The van der Waals surface area contributed by atoms with Gasteiger partial charge in [-0.2, -0.15) is 4.84 Å². The van der Waals surface area contributed by atoms with E-state index in [1.54, 1.807) is 26.2 Å². The number of carbonyl (C=O) groups excluding carboxylic acids is 1. The van der Waals surface area contributed by atoms with Crippen molar-refractivity contribution in [2.45, 2.75) is 53.8 Å². The molecule has 5 heteroatoms. The van der Waals surface area contributed by atoms with Crippen LogP contribution in [0.4, 0.5) is 0 Å². The Hall–Kier alpha value is -1.88. The maximum atomic E-state index is 12.8. The maximum absolute atomic E-state index is 12.8. The smallest absolute Gasteiger partial charge is 0.377 e. The van der Waals surface area contributed by atoms with Crippen molar-refractivity contribution in [1.82, 2.24) is 0 Å². The molecule has 0 aliphatic rings. The highest BCUT2D eigenvalue weighted by atomic mass is 35.5. The fourth-order valence-corrected chi connectivity index (χ4v) is 3.46. The molecule has 1 atom stereocenters. The van der Waals surface area contributed by atoms with Gasteiger partial charge in [-0.05, 0) is 54.0 Å². The van der Waals surface area contributed by atoms with E-state index in [1.165, 1.54) is 11.1 Å². The fraction of sp³-hybridized carbons (Fsp3) is 0.480. The second-order valence-corrected chi connectivity index (χ2v) is 8.95. The van der Waals surface area contributed by atoms with Crippen molar-refractivity contribution in [2.24, 2.45) is 11.8 Å². The maximum Gasteiger partial charge on any atom is 0.377 e. The number of nitrogens with zero attached hydrogens (tertiary/aromatic N) is 1.